The van der Waals surface area contributed by atoms with Crippen molar-refractivity contribution >= 4 is 17.5 Å². The predicted octanol–water partition coefficient (Wildman–Crippen LogP) is 2.33. The molecule has 0 radical (unpaired) electrons. The van der Waals surface area contributed by atoms with Crippen LogP contribution >= 0.6 is 11.6 Å². The Hall–Kier alpha value is -1.10. The lowest BCUT2D eigenvalue weighted by Crippen LogP contribution is -2.49. The van der Waals surface area contributed by atoms with Crippen molar-refractivity contribution < 1.29 is 4.79 Å². The lowest BCUT2D eigenvalue weighted by Gasteiger charge is -2.36. The smallest absolute Gasteiger partial charge is 0.234 e. The first kappa shape index (κ1) is 16.3. The minimum atomic E-state index is -0.0893. The van der Waals surface area contributed by atoms with Crippen molar-refractivity contribution in [3.63, 3.8) is 0 Å². The lowest BCUT2D eigenvalue weighted by molar-refractivity contribution is -0.123. The van der Waals surface area contributed by atoms with Gasteiger partial charge in [0.15, 0.2) is 0 Å². The Balaban J connectivity index is 1.88. The van der Waals surface area contributed by atoms with Gasteiger partial charge in [0.05, 0.1) is 12.6 Å². The molecule has 1 amide bonds. The lowest BCUT2D eigenvalue weighted by atomic mass is 9.99. The molecule has 0 saturated carbocycles. The molecule has 4 nitrogen and oxygen atoms in total. The average molecular weight is 310 g/mol. The van der Waals surface area contributed by atoms with Crippen molar-refractivity contribution in [1.82, 2.24) is 10.2 Å². The van der Waals surface area contributed by atoms with E-state index in [-0.39, 0.29) is 18.0 Å². The second-order valence-electron chi connectivity index (χ2n) is 5.91. The molecule has 0 spiro atoms. The van der Waals surface area contributed by atoms with Crippen molar-refractivity contribution in [2.75, 3.05) is 13.1 Å². The summed E-state index contributed by atoms with van der Waals surface area (Å²) in [7, 11) is 0. The monoisotopic (exact) mass is 309 g/mol. The van der Waals surface area contributed by atoms with Gasteiger partial charge in [-0.15, -0.1) is 0 Å². The highest BCUT2D eigenvalue weighted by Gasteiger charge is 2.25. The third-order valence-corrected chi connectivity index (χ3v) is 4.49. The molecule has 5 heteroatoms. The van der Waals surface area contributed by atoms with Crippen molar-refractivity contribution in [2.45, 2.75) is 44.8 Å². The summed E-state index contributed by atoms with van der Waals surface area (Å²) in [6.45, 7) is 5.39. The highest BCUT2D eigenvalue weighted by Crippen LogP contribution is 2.22. The zero-order chi connectivity index (χ0) is 15.4. The summed E-state index contributed by atoms with van der Waals surface area (Å²) in [5, 5.41) is 3.70. The maximum absolute atomic E-state index is 12.2. The maximum Gasteiger partial charge on any atom is 0.234 e. The van der Waals surface area contributed by atoms with Crippen LogP contribution < -0.4 is 11.1 Å². The second kappa shape index (κ2) is 7.25. The summed E-state index contributed by atoms with van der Waals surface area (Å²) < 4.78 is 0. The number of rotatable bonds is 4. The van der Waals surface area contributed by atoms with Crippen molar-refractivity contribution in [1.29, 1.82) is 0 Å². The molecule has 1 aliphatic rings. The van der Waals surface area contributed by atoms with Gasteiger partial charge in [-0.1, -0.05) is 29.8 Å². The van der Waals surface area contributed by atoms with E-state index in [1.54, 1.807) is 0 Å². The van der Waals surface area contributed by atoms with Gasteiger partial charge in [0.1, 0.15) is 0 Å². The number of nitrogens with two attached hydrogens (primary N) is 1. The number of carbonyl (C=O) groups excluding carboxylic acids is 1. The van der Waals surface area contributed by atoms with Crippen LogP contribution in [-0.2, 0) is 4.79 Å². The van der Waals surface area contributed by atoms with Crippen LogP contribution in [0, 0.1) is 0 Å². The molecule has 0 aliphatic carbocycles. The molecule has 1 aromatic carbocycles. The molecule has 3 atom stereocenters. The Kier molecular flexibility index (Phi) is 5.62. The summed E-state index contributed by atoms with van der Waals surface area (Å²) in [6.07, 6.45) is 1.91. The van der Waals surface area contributed by atoms with Crippen LogP contribution in [0.15, 0.2) is 24.3 Å². The minimum absolute atomic E-state index is 0.0322. The van der Waals surface area contributed by atoms with Crippen LogP contribution in [0.3, 0.4) is 0 Å². The Morgan fingerprint density at radius 1 is 1.52 bits per heavy atom. The number of nitrogens with zero attached hydrogens (tertiary/aromatic N) is 1. The third-order valence-electron chi connectivity index (χ3n) is 4.15. The number of nitrogens with one attached hydrogen (secondary N) is 1. The highest BCUT2D eigenvalue weighted by atomic mass is 35.5. The Morgan fingerprint density at radius 3 is 2.90 bits per heavy atom. The van der Waals surface area contributed by atoms with E-state index in [1.807, 2.05) is 31.2 Å². The van der Waals surface area contributed by atoms with Gasteiger partial charge in [-0.3, -0.25) is 9.69 Å². The van der Waals surface area contributed by atoms with E-state index >= 15 is 0 Å². The molecule has 21 heavy (non-hydrogen) atoms. The largest absolute Gasteiger partial charge is 0.348 e. The van der Waals surface area contributed by atoms with Crippen molar-refractivity contribution in [3.05, 3.63) is 34.9 Å². The molecule has 1 fully saturated rings. The number of piperidine rings is 1. The van der Waals surface area contributed by atoms with Crippen LogP contribution in [-0.4, -0.2) is 36.0 Å². The normalized spacial score (nSPS) is 24.6. The van der Waals surface area contributed by atoms with E-state index in [9.17, 15) is 4.79 Å². The zero-order valence-corrected chi connectivity index (χ0v) is 13.4. The maximum atomic E-state index is 12.2. The Morgan fingerprint density at radius 2 is 2.24 bits per heavy atom. The summed E-state index contributed by atoms with van der Waals surface area (Å²) in [6, 6.07) is 8.13. The second-order valence-corrected chi connectivity index (χ2v) is 6.32. The van der Waals surface area contributed by atoms with Gasteiger partial charge in [-0.25, -0.2) is 0 Å². The van der Waals surface area contributed by atoms with Gasteiger partial charge in [0.2, 0.25) is 5.91 Å². The molecule has 2 rings (SSSR count). The topological polar surface area (TPSA) is 58.4 Å². The number of benzene rings is 1. The van der Waals surface area contributed by atoms with E-state index < -0.39 is 0 Å². The van der Waals surface area contributed by atoms with E-state index in [2.05, 4.69) is 17.1 Å². The molecular weight excluding hydrogens is 286 g/mol. The van der Waals surface area contributed by atoms with Gasteiger partial charge < -0.3 is 11.1 Å². The van der Waals surface area contributed by atoms with Crippen LogP contribution in [0.2, 0.25) is 5.02 Å². The molecule has 1 saturated heterocycles. The fourth-order valence-electron chi connectivity index (χ4n) is 2.87. The first-order chi connectivity index (χ1) is 9.97. The first-order valence-corrected chi connectivity index (χ1v) is 7.88. The van der Waals surface area contributed by atoms with Gasteiger partial charge in [-0.05, 0) is 38.3 Å². The summed E-state index contributed by atoms with van der Waals surface area (Å²) >= 11 is 6.16. The zero-order valence-electron chi connectivity index (χ0n) is 12.7. The summed E-state index contributed by atoms with van der Waals surface area (Å²) in [4.78, 5) is 14.4. The Labute approximate surface area is 131 Å². The van der Waals surface area contributed by atoms with Gasteiger partial charge >= 0.3 is 0 Å². The fourth-order valence-corrected chi connectivity index (χ4v) is 3.17. The number of halogens is 1. The van der Waals surface area contributed by atoms with Crippen LogP contribution in [0.5, 0.6) is 0 Å². The fraction of sp³-hybridized carbons (Fsp3) is 0.562. The number of amides is 1. The SMILES string of the molecule is CC(NC(=O)CN1CCC(N)CC1C)c1ccccc1Cl. The standard InChI is InChI=1S/C16H24ClN3O/c1-11-9-13(18)7-8-20(11)10-16(21)19-12(2)14-5-3-4-6-15(14)17/h3-6,11-13H,7-10,18H2,1-2H3,(H,19,21). The molecule has 3 N–H and O–H groups in total. The number of hydrogen-bond acceptors (Lipinski definition) is 3. The molecule has 116 valence electrons. The van der Waals surface area contributed by atoms with Gasteiger partial charge in [0, 0.05) is 23.7 Å². The van der Waals surface area contributed by atoms with Crippen LogP contribution in [0.1, 0.15) is 38.3 Å². The number of likely N-dealkylation sites (tertiary alicyclic amines) is 1. The predicted molar refractivity (Wildman–Crippen MR) is 86.3 cm³/mol. The van der Waals surface area contributed by atoms with Crippen LogP contribution in [0.25, 0.3) is 0 Å². The third kappa shape index (κ3) is 4.43. The quantitative estimate of drug-likeness (QED) is 0.897. The average Bonchev–Trinajstić information content (AvgIpc) is 2.42. The molecule has 0 bridgehead atoms. The van der Waals surface area contributed by atoms with E-state index in [1.165, 1.54) is 0 Å². The number of hydrogen-bond donors (Lipinski definition) is 2. The molecular formula is C16H24ClN3O. The molecule has 1 heterocycles. The summed E-state index contributed by atoms with van der Waals surface area (Å²) in [5.74, 6) is 0.0322. The molecule has 1 aromatic rings. The van der Waals surface area contributed by atoms with Crippen molar-refractivity contribution in [2.24, 2.45) is 5.73 Å². The van der Waals surface area contributed by atoms with Crippen molar-refractivity contribution in [3.8, 4) is 0 Å². The first-order valence-electron chi connectivity index (χ1n) is 7.50. The number of carbonyl (C=O) groups is 1. The molecule has 1 aliphatic heterocycles. The van der Waals surface area contributed by atoms with Gasteiger partial charge in [0.25, 0.3) is 0 Å². The molecule has 3 unspecified atom stereocenters. The van der Waals surface area contributed by atoms with Gasteiger partial charge in [-0.2, -0.15) is 0 Å². The summed E-state index contributed by atoms with van der Waals surface area (Å²) in [5.41, 5.74) is 6.90. The van der Waals surface area contributed by atoms with E-state index in [0.29, 0.717) is 17.6 Å². The van der Waals surface area contributed by atoms with E-state index in [4.69, 9.17) is 17.3 Å². The minimum Gasteiger partial charge on any atom is -0.348 e. The Bertz CT molecular complexity index is 494. The van der Waals surface area contributed by atoms with E-state index in [0.717, 1.165) is 24.9 Å². The molecule has 0 aromatic heterocycles. The van der Waals surface area contributed by atoms with Crippen LogP contribution in [0.4, 0.5) is 0 Å². The highest BCUT2D eigenvalue weighted by molar-refractivity contribution is 6.31.